The molecule has 15 heavy (non-hydrogen) atoms. The van der Waals surface area contributed by atoms with Crippen molar-refractivity contribution in [3.8, 4) is 0 Å². The van der Waals surface area contributed by atoms with E-state index in [1.54, 1.807) is 0 Å². The van der Waals surface area contributed by atoms with E-state index in [0.29, 0.717) is 5.82 Å². The molecule has 0 atom stereocenters. The molecule has 0 bridgehead atoms. The first-order valence-electron chi connectivity index (χ1n) is 5.27. The minimum absolute atomic E-state index is 0.255. The van der Waals surface area contributed by atoms with Gasteiger partial charge in [0, 0.05) is 5.56 Å². The minimum Gasteiger partial charge on any atom is -0.383 e. The Kier molecular flexibility index (Phi) is 2.58. The van der Waals surface area contributed by atoms with E-state index < -0.39 is 0 Å². The van der Waals surface area contributed by atoms with Gasteiger partial charge in [-0.1, -0.05) is 6.08 Å². The lowest BCUT2D eigenvalue weighted by atomic mass is 9.93. The van der Waals surface area contributed by atoms with Gasteiger partial charge in [0.05, 0.1) is 5.69 Å². The fourth-order valence-electron chi connectivity index (χ4n) is 2.08. The Balaban J connectivity index is 2.47. The van der Waals surface area contributed by atoms with E-state index in [9.17, 15) is 0 Å². The highest BCUT2D eigenvalue weighted by Crippen LogP contribution is 2.31. The molecule has 0 aliphatic heterocycles. The third-order valence-corrected chi connectivity index (χ3v) is 2.75. The number of hydrogen-bond acceptors (Lipinski definition) is 4. The fraction of sp³-hybridized carbons (Fsp3) is 0.455. The van der Waals surface area contributed by atoms with Gasteiger partial charge in [0.2, 0.25) is 5.95 Å². The maximum Gasteiger partial charge on any atom is 0.222 e. The molecule has 0 saturated heterocycles. The number of nitrogen functional groups attached to an aromatic ring is 2. The summed E-state index contributed by atoms with van der Waals surface area (Å²) in [5, 5.41) is 0. The van der Waals surface area contributed by atoms with E-state index in [4.69, 9.17) is 11.5 Å². The smallest absolute Gasteiger partial charge is 0.222 e. The molecule has 1 aromatic heterocycles. The molecule has 4 heteroatoms. The Morgan fingerprint density at radius 2 is 2.00 bits per heavy atom. The predicted molar refractivity (Wildman–Crippen MR) is 62.0 cm³/mol. The molecular weight excluding hydrogens is 188 g/mol. The van der Waals surface area contributed by atoms with Crippen LogP contribution in [-0.2, 0) is 0 Å². The van der Waals surface area contributed by atoms with Crippen molar-refractivity contribution in [2.45, 2.75) is 32.6 Å². The number of nitrogens with two attached hydrogens (primary N) is 2. The highest BCUT2D eigenvalue weighted by molar-refractivity contribution is 5.75. The highest BCUT2D eigenvalue weighted by atomic mass is 15.0. The Bertz CT molecular complexity index is 386. The predicted octanol–water partition coefficient (Wildman–Crippen LogP) is 1.91. The zero-order valence-electron chi connectivity index (χ0n) is 8.95. The van der Waals surface area contributed by atoms with Gasteiger partial charge in [-0.05, 0) is 38.2 Å². The van der Waals surface area contributed by atoms with Crippen LogP contribution in [0.1, 0.15) is 36.9 Å². The molecule has 4 N–H and O–H groups in total. The molecule has 80 valence electrons. The SMILES string of the molecule is Cc1nc(N)nc(N)c1C1=CCCCC1. The van der Waals surface area contributed by atoms with Gasteiger partial charge in [0.1, 0.15) is 5.82 Å². The Hall–Kier alpha value is -1.58. The van der Waals surface area contributed by atoms with Crippen LogP contribution < -0.4 is 11.5 Å². The summed E-state index contributed by atoms with van der Waals surface area (Å²) in [5.74, 6) is 0.762. The molecule has 0 unspecified atom stereocenters. The second-order valence-electron chi connectivity index (χ2n) is 3.90. The molecule has 0 amide bonds. The number of anilines is 2. The number of aromatic nitrogens is 2. The largest absolute Gasteiger partial charge is 0.383 e. The number of rotatable bonds is 1. The van der Waals surface area contributed by atoms with Crippen molar-refractivity contribution in [2.24, 2.45) is 0 Å². The van der Waals surface area contributed by atoms with E-state index in [1.807, 2.05) is 6.92 Å². The first kappa shape index (κ1) is 9.96. The molecule has 0 radical (unpaired) electrons. The molecule has 0 aromatic carbocycles. The van der Waals surface area contributed by atoms with Gasteiger partial charge < -0.3 is 11.5 Å². The van der Waals surface area contributed by atoms with Gasteiger partial charge >= 0.3 is 0 Å². The van der Waals surface area contributed by atoms with E-state index in [-0.39, 0.29) is 5.95 Å². The van der Waals surface area contributed by atoms with Crippen molar-refractivity contribution in [1.29, 1.82) is 0 Å². The third-order valence-electron chi connectivity index (χ3n) is 2.75. The van der Waals surface area contributed by atoms with Crippen LogP contribution in [0.4, 0.5) is 11.8 Å². The first-order valence-corrected chi connectivity index (χ1v) is 5.27. The van der Waals surface area contributed by atoms with Crippen LogP contribution in [0.5, 0.6) is 0 Å². The van der Waals surface area contributed by atoms with Crippen molar-refractivity contribution in [1.82, 2.24) is 9.97 Å². The van der Waals surface area contributed by atoms with Gasteiger partial charge in [0.25, 0.3) is 0 Å². The van der Waals surface area contributed by atoms with E-state index in [0.717, 1.165) is 24.1 Å². The summed E-state index contributed by atoms with van der Waals surface area (Å²) >= 11 is 0. The van der Waals surface area contributed by atoms with E-state index in [2.05, 4.69) is 16.0 Å². The molecule has 4 nitrogen and oxygen atoms in total. The summed E-state index contributed by atoms with van der Waals surface area (Å²) < 4.78 is 0. The normalized spacial score (nSPS) is 16.2. The van der Waals surface area contributed by atoms with Crippen LogP contribution in [0.3, 0.4) is 0 Å². The van der Waals surface area contributed by atoms with Crippen molar-refractivity contribution in [3.63, 3.8) is 0 Å². The zero-order chi connectivity index (χ0) is 10.8. The molecule has 0 saturated carbocycles. The van der Waals surface area contributed by atoms with Crippen molar-refractivity contribution < 1.29 is 0 Å². The standard InChI is InChI=1S/C11H16N4/c1-7-9(8-5-3-2-4-6-8)10(12)15-11(13)14-7/h5H,2-4,6H2,1H3,(H4,12,13,14,15). The lowest BCUT2D eigenvalue weighted by Crippen LogP contribution is -2.07. The summed E-state index contributed by atoms with van der Waals surface area (Å²) in [5.41, 5.74) is 14.6. The van der Waals surface area contributed by atoms with Gasteiger partial charge in [-0.15, -0.1) is 0 Å². The monoisotopic (exact) mass is 204 g/mol. The molecule has 2 rings (SSSR count). The summed E-state index contributed by atoms with van der Waals surface area (Å²) in [7, 11) is 0. The second kappa shape index (κ2) is 3.88. The average Bonchev–Trinajstić information content (AvgIpc) is 2.17. The first-order chi connectivity index (χ1) is 7.18. The van der Waals surface area contributed by atoms with Crippen LogP contribution in [0, 0.1) is 6.92 Å². The third kappa shape index (κ3) is 1.93. The van der Waals surface area contributed by atoms with Crippen LogP contribution in [0.15, 0.2) is 6.08 Å². The van der Waals surface area contributed by atoms with Crippen LogP contribution in [-0.4, -0.2) is 9.97 Å². The molecule has 1 aliphatic rings. The van der Waals surface area contributed by atoms with Crippen molar-refractivity contribution in [2.75, 3.05) is 11.5 Å². The summed E-state index contributed by atoms with van der Waals surface area (Å²) in [6.45, 7) is 1.93. The number of hydrogen-bond donors (Lipinski definition) is 2. The minimum atomic E-state index is 0.255. The van der Waals surface area contributed by atoms with E-state index in [1.165, 1.54) is 18.4 Å². The summed E-state index contributed by atoms with van der Waals surface area (Å²) in [6, 6.07) is 0. The highest BCUT2D eigenvalue weighted by Gasteiger charge is 2.14. The van der Waals surface area contributed by atoms with Crippen molar-refractivity contribution >= 4 is 17.3 Å². The Labute approximate surface area is 89.4 Å². The topological polar surface area (TPSA) is 77.8 Å². The van der Waals surface area contributed by atoms with E-state index >= 15 is 0 Å². The lowest BCUT2D eigenvalue weighted by molar-refractivity contribution is 0.741. The number of allylic oxidation sites excluding steroid dienone is 2. The quantitative estimate of drug-likeness (QED) is 0.732. The molecule has 1 heterocycles. The van der Waals surface area contributed by atoms with Gasteiger partial charge in [-0.25, -0.2) is 4.98 Å². The van der Waals surface area contributed by atoms with Crippen LogP contribution in [0.25, 0.3) is 5.57 Å². The maximum atomic E-state index is 5.88. The molecule has 1 aliphatic carbocycles. The molecule has 0 spiro atoms. The molecular formula is C11H16N4. The Morgan fingerprint density at radius 1 is 1.20 bits per heavy atom. The number of nitrogens with zero attached hydrogens (tertiary/aromatic N) is 2. The summed E-state index contributed by atoms with van der Waals surface area (Å²) in [6.07, 6.45) is 6.91. The lowest BCUT2D eigenvalue weighted by Gasteiger charge is -2.16. The second-order valence-corrected chi connectivity index (χ2v) is 3.90. The Morgan fingerprint density at radius 3 is 2.60 bits per heavy atom. The average molecular weight is 204 g/mol. The van der Waals surface area contributed by atoms with Crippen LogP contribution >= 0.6 is 0 Å². The van der Waals surface area contributed by atoms with Gasteiger partial charge in [-0.3, -0.25) is 0 Å². The number of aryl methyl sites for hydroxylation is 1. The fourth-order valence-corrected chi connectivity index (χ4v) is 2.08. The molecule has 1 aromatic rings. The molecule has 0 fully saturated rings. The van der Waals surface area contributed by atoms with Gasteiger partial charge in [-0.2, -0.15) is 4.98 Å². The maximum absolute atomic E-state index is 5.88. The van der Waals surface area contributed by atoms with Gasteiger partial charge in [0.15, 0.2) is 0 Å². The summed E-state index contributed by atoms with van der Waals surface area (Å²) in [4.78, 5) is 8.17. The zero-order valence-corrected chi connectivity index (χ0v) is 8.95. The van der Waals surface area contributed by atoms with Crippen LogP contribution in [0.2, 0.25) is 0 Å². The van der Waals surface area contributed by atoms with Crippen molar-refractivity contribution in [3.05, 3.63) is 17.3 Å².